The number of hydrogen-bond acceptors (Lipinski definition) is 4. The summed E-state index contributed by atoms with van der Waals surface area (Å²) in [5, 5.41) is 5.21. The lowest BCUT2D eigenvalue weighted by atomic mass is 10.3. The Morgan fingerprint density at radius 3 is 2.89 bits per heavy atom. The second-order valence-corrected chi connectivity index (χ2v) is 5.98. The number of thiophene rings is 1. The second-order valence-electron chi connectivity index (χ2n) is 4.72. The highest BCUT2D eigenvalue weighted by molar-refractivity contribution is 7.13. The monoisotopic (exact) mass is 289 g/mol. The summed E-state index contributed by atoms with van der Waals surface area (Å²) in [5.74, 6) is -0.724. The molecule has 4 nitrogen and oxygen atoms in total. The maximum atomic E-state index is 11.9. The van der Waals surface area contributed by atoms with Gasteiger partial charge in [-0.1, -0.05) is 11.6 Å². The number of carbonyl (C=O) groups excluding carboxylic acids is 1. The first-order valence-electron chi connectivity index (χ1n) is 5.72. The lowest BCUT2D eigenvalue weighted by molar-refractivity contribution is -0.137. The van der Waals surface area contributed by atoms with Crippen molar-refractivity contribution in [3.63, 3.8) is 0 Å². The Bertz CT molecular complexity index is 458. The maximum Gasteiger partial charge on any atom is 0.262 e. The van der Waals surface area contributed by atoms with Crippen molar-refractivity contribution in [2.75, 3.05) is 13.2 Å². The molecule has 2 rings (SSSR count). The second kappa shape index (κ2) is 5.17. The smallest absolute Gasteiger partial charge is 0.262 e. The van der Waals surface area contributed by atoms with E-state index in [1.807, 2.05) is 26.2 Å². The first-order valence-corrected chi connectivity index (χ1v) is 6.98. The van der Waals surface area contributed by atoms with Gasteiger partial charge in [0, 0.05) is 6.54 Å². The van der Waals surface area contributed by atoms with Crippen molar-refractivity contribution in [3.05, 3.63) is 20.8 Å². The van der Waals surface area contributed by atoms with Crippen LogP contribution in [0.15, 0.2) is 5.38 Å². The zero-order chi connectivity index (χ0) is 13.3. The van der Waals surface area contributed by atoms with Crippen LogP contribution in [0.25, 0.3) is 0 Å². The van der Waals surface area contributed by atoms with Crippen molar-refractivity contribution < 1.29 is 14.3 Å². The Labute approximate surface area is 115 Å². The van der Waals surface area contributed by atoms with E-state index in [0.29, 0.717) is 23.1 Å². The highest BCUT2D eigenvalue weighted by Gasteiger charge is 2.32. The van der Waals surface area contributed by atoms with E-state index in [2.05, 4.69) is 5.32 Å². The molecule has 0 radical (unpaired) electrons. The summed E-state index contributed by atoms with van der Waals surface area (Å²) >= 11 is 7.39. The number of rotatable bonds is 3. The lowest BCUT2D eigenvalue weighted by Gasteiger charge is -2.17. The molecule has 1 aromatic heterocycles. The molecule has 1 unspecified atom stereocenters. The fourth-order valence-electron chi connectivity index (χ4n) is 1.73. The van der Waals surface area contributed by atoms with Crippen LogP contribution in [0.1, 0.15) is 29.1 Å². The summed E-state index contributed by atoms with van der Waals surface area (Å²) < 4.78 is 11.0. The Kier molecular flexibility index (Phi) is 3.96. The molecule has 1 aliphatic heterocycles. The molecule has 6 heteroatoms. The van der Waals surface area contributed by atoms with Crippen molar-refractivity contribution in [2.45, 2.75) is 32.7 Å². The quantitative estimate of drug-likeness (QED) is 0.930. The number of carbonyl (C=O) groups is 1. The van der Waals surface area contributed by atoms with Gasteiger partial charge in [0.25, 0.3) is 5.91 Å². The van der Waals surface area contributed by atoms with E-state index in [-0.39, 0.29) is 12.0 Å². The van der Waals surface area contributed by atoms with E-state index in [4.69, 9.17) is 21.1 Å². The van der Waals surface area contributed by atoms with E-state index in [1.54, 1.807) is 0 Å². The van der Waals surface area contributed by atoms with Crippen molar-refractivity contribution in [2.24, 2.45) is 0 Å². The lowest BCUT2D eigenvalue weighted by Crippen LogP contribution is -2.34. The van der Waals surface area contributed by atoms with Crippen LogP contribution in [0, 0.1) is 6.92 Å². The predicted molar refractivity (Wildman–Crippen MR) is 71.3 cm³/mol. The SMILES string of the molecule is Cc1csc(C(=O)NCC2COC(C)(C)O2)c1Cl. The predicted octanol–water partition coefficient (Wildman–Crippen LogP) is 2.59. The van der Waals surface area contributed by atoms with Crippen molar-refractivity contribution in [3.8, 4) is 0 Å². The molecule has 18 heavy (non-hydrogen) atoms. The van der Waals surface area contributed by atoms with Crippen LogP contribution in [-0.4, -0.2) is 30.9 Å². The molecule has 1 N–H and O–H groups in total. The number of aryl methyl sites for hydroxylation is 1. The number of halogens is 1. The zero-order valence-electron chi connectivity index (χ0n) is 10.6. The van der Waals surface area contributed by atoms with Gasteiger partial charge in [-0.25, -0.2) is 0 Å². The minimum atomic E-state index is -0.563. The third-order valence-corrected chi connectivity index (χ3v) is 4.36. The molecule has 0 aliphatic carbocycles. The van der Waals surface area contributed by atoms with Crippen LogP contribution in [0.3, 0.4) is 0 Å². The summed E-state index contributed by atoms with van der Waals surface area (Å²) in [7, 11) is 0. The topological polar surface area (TPSA) is 47.6 Å². The van der Waals surface area contributed by atoms with Gasteiger partial charge in [0.05, 0.1) is 11.6 Å². The summed E-state index contributed by atoms with van der Waals surface area (Å²) in [5.41, 5.74) is 0.924. The number of hydrogen-bond donors (Lipinski definition) is 1. The largest absolute Gasteiger partial charge is 0.349 e. The molecular weight excluding hydrogens is 274 g/mol. The highest BCUT2D eigenvalue weighted by Crippen LogP contribution is 2.27. The van der Waals surface area contributed by atoms with Gasteiger partial charge in [-0.15, -0.1) is 11.3 Å². The molecule has 0 spiro atoms. The molecule has 0 saturated carbocycles. The summed E-state index contributed by atoms with van der Waals surface area (Å²) in [6.07, 6.45) is -0.108. The van der Waals surface area contributed by atoms with Crippen molar-refractivity contribution in [1.29, 1.82) is 0 Å². The normalized spacial score (nSPS) is 22.1. The van der Waals surface area contributed by atoms with Gasteiger partial charge in [-0.2, -0.15) is 0 Å². The van der Waals surface area contributed by atoms with Crippen molar-refractivity contribution >= 4 is 28.8 Å². The average molecular weight is 290 g/mol. The van der Waals surface area contributed by atoms with Gasteiger partial charge in [0.2, 0.25) is 0 Å². The third kappa shape index (κ3) is 3.03. The van der Waals surface area contributed by atoms with Crippen LogP contribution in [0.5, 0.6) is 0 Å². The van der Waals surface area contributed by atoms with Crippen LogP contribution < -0.4 is 5.32 Å². The van der Waals surface area contributed by atoms with Crippen LogP contribution >= 0.6 is 22.9 Å². The van der Waals surface area contributed by atoms with E-state index >= 15 is 0 Å². The Morgan fingerprint density at radius 1 is 1.67 bits per heavy atom. The number of nitrogens with one attached hydrogen (secondary N) is 1. The van der Waals surface area contributed by atoms with E-state index in [0.717, 1.165) is 5.56 Å². The molecule has 1 aliphatic rings. The van der Waals surface area contributed by atoms with E-state index in [9.17, 15) is 4.79 Å². The minimum Gasteiger partial charge on any atom is -0.349 e. The van der Waals surface area contributed by atoms with Gasteiger partial charge >= 0.3 is 0 Å². The Balaban J connectivity index is 1.88. The summed E-state index contributed by atoms with van der Waals surface area (Å²) in [6.45, 7) is 6.51. The zero-order valence-corrected chi connectivity index (χ0v) is 12.2. The molecule has 1 saturated heterocycles. The van der Waals surface area contributed by atoms with E-state index < -0.39 is 5.79 Å². The summed E-state index contributed by atoms with van der Waals surface area (Å²) in [6, 6.07) is 0. The van der Waals surface area contributed by atoms with Crippen LogP contribution in [0.4, 0.5) is 0 Å². The molecule has 100 valence electrons. The first kappa shape index (κ1) is 13.8. The molecule has 0 aromatic carbocycles. The molecular formula is C12H16ClNO3S. The van der Waals surface area contributed by atoms with Gasteiger partial charge in [-0.3, -0.25) is 4.79 Å². The van der Waals surface area contributed by atoms with Gasteiger partial charge in [0.1, 0.15) is 11.0 Å². The third-order valence-electron chi connectivity index (χ3n) is 2.66. The summed E-state index contributed by atoms with van der Waals surface area (Å²) in [4.78, 5) is 12.5. The molecule has 1 fully saturated rings. The average Bonchev–Trinajstić information content (AvgIpc) is 2.80. The van der Waals surface area contributed by atoms with Crippen LogP contribution in [0.2, 0.25) is 5.02 Å². The Hall–Kier alpha value is -0.620. The fourth-order valence-corrected chi connectivity index (χ4v) is 2.93. The van der Waals surface area contributed by atoms with E-state index in [1.165, 1.54) is 11.3 Å². The molecule has 0 bridgehead atoms. The van der Waals surface area contributed by atoms with Crippen LogP contribution in [-0.2, 0) is 9.47 Å². The Morgan fingerprint density at radius 2 is 2.39 bits per heavy atom. The minimum absolute atomic E-state index is 0.108. The molecule has 2 heterocycles. The number of ether oxygens (including phenoxy) is 2. The first-order chi connectivity index (χ1) is 8.39. The van der Waals surface area contributed by atoms with Gasteiger partial charge < -0.3 is 14.8 Å². The standard InChI is InChI=1S/C12H16ClNO3S/c1-7-6-18-10(9(7)13)11(15)14-4-8-5-16-12(2,3)17-8/h6,8H,4-5H2,1-3H3,(H,14,15). The van der Waals surface area contributed by atoms with Crippen molar-refractivity contribution in [1.82, 2.24) is 5.32 Å². The van der Waals surface area contributed by atoms with Gasteiger partial charge in [-0.05, 0) is 31.7 Å². The molecule has 1 atom stereocenters. The highest BCUT2D eigenvalue weighted by atomic mass is 35.5. The molecule has 1 amide bonds. The molecule has 1 aromatic rings. The van der Waals surface area contributed by atoms with Gasteiger partial charge in [0.15, 0.2) is 5.79 Å². The number of amides is 1. The maximum absolute atomic E-state index is 11.9. The fraction of sp³-hybridized carbons (Fsp3) is 0.583.